The molecule has 0 rings (SSSR count). The summed E-state index contributed by atoms with van der Waals surface area (Å²) in [4.78, 5) is 46.6. The third-order valence-corrected chi connectivity index (χ3v) is 9.30. The molecule has 0 unspecified atom stereocenters. The molecule has 30 heteroatoms. The van der Waals surface area contributed by atoms with E-state index in [0.29, 0.717) is 0 Å². The number of hydrogen-bond donors (Lipinski definition) is 20. The summed E-state index contributed by atoms with van der Waals surface area (Å²) in [5.41, 5.74) is 0. The number of aliphatic hydroxyl groups excluding tert-OH is 20. The molecule has 0 saturated heterocycles. The van der Waals surface area contributed by atoms with Crippen molar-refractivity contribution in [1.82, 2.24) is 0 Å². The summed E-state index contributed by atoms with van der Waals surface area (Å²) in [5.74, 6) is -8.07. The average Bonchev–Trinajstić information content (AvgIpc) is 3.15. The van der Waals surface area contributed by atoms with Crippen LogP contribution in [0.3, 0.4) is 0 Å². The maximum atomic E-state index is 12.2. The van der Waals surface area contributed by atoms with Crippen molar-refractivity contribution >= 4 is 45.3 Å². The number of carbonyl (C=O) groups excluding carboxylic acids is 4. The fraction of sp³-hybridized carbons (Fsp3) is 0.833. The summed E-state index contributed by atoms with van der Waals surface area (Å²) in [6.45, 7) is -4.31. The van der Waals surface area contributed by atoms with Crippen LogP contribution in [0.5, 0.6) is 0 Å². The summed E-state index contributed by atoms with van der Waals surface area (Å²) < 4.78 is 13.4. The van der Waals surface area contributed by atoms with Crippen molar-refractivity contribution in [3.63, 3.8) is 0 Å². The number of aliphatic carboxylic acids is 1. The van der Waals surface area contributed by atoms with Crippen molar-refractivity contribution < 1.29 is 165 Å². The van der Waals surface area contributed by atoms with Crippen LogP contribution in [0.4, 0.5) is 0 Å². The second-order valence-electron chi connectivity index (χ2n) is 10.5. The van der Waals surface area contributed by atoms with E-state index in [1.807, 2.05) is 0 Å². The molecule has 28 nitrogen and oxygen atoms in total. The first kappa shape index (κ1) is 57.2. The Morgan fingerprint density at radius 1 is 0.389 bits per heavy atom. The summed E-state index contributed by atoms with van der Waals surface area (Å²) in [5, 5.41) is 195. The van der Waals surface area contributed by atoms with Gasteiger partial charge in [0.05, 0.1) is 12.6 Å². The number of carboxylic acid groups (broad SMARTS) is 1. The first-order valence-corrected chi connectivity index (χ1v) is 17.5. The first-order valence-electron chi connectivity index (χ1n) is 14.4. The summed E-state index contributed by atoms with van der Waals surface area (Å²) in [7, 11) is 0. The van der Waals surface area contributed by atoms with E-state index < -0.39 is 169 Å². The Balaban J connectivity index is -0.00000157. The molecule has 0 aliphatic heterocycles. The van der Waals surface area contributed by atoms with Crippen molar-refractivity contribution in [3.05, 3.63) is 0 Å². The third kappa shape index (κ3) is 18.4. The second kappa shape index (κ2) is 28.3. The zero-order valence-electron chi connectivity index (χ0n) is 27.7. The van der Waals surface area contributed by atoms with Crippen LogP contribution in [0, 0.1) is 0 Å². The molecule has 54 heavy (non-hydrogen) atoms. The van der Waals surface area contributed by atoms with Gasteiger partial charge in [-0.1, -0.05) is 0 Å². The normalized spacial score (nSPS) is 20.5. The maximum Gasteiger partial charge on any atom is 1.00 e. The largest absolute Gasteiger partial charge is 1.00 e. The van der Waals surface area contributed by atoms with Crippen molar-refractivity contribution in [2.24, 2.45) is 0 Å². The van der Waals surface area contributed by atoms with Crippen LogP contribution in [0.2, 0.25) is 0 Å². The number of rotatable bonds is 23. The molecule has 16 atom stereocenters. The maximum absolute atomic E-state index is 12.2. The minimum Gasteiger partial charge on any atom is 1.00 e. The zero-order chi connectivity index (χ0) is 42.1. The van der Waals surface area contributed by atoms with Crippen molar-refractivity contribution in [3.8, 4) is 0 Å². The van der Waals surface area contributed by atoms with Crippen molar-refractivity contribution in [2.45, 2.75) is 97.7 Å². The SMILES string of the molecule is O=C([O-])[C@H](O)[C@@H](O)[C@H](O)[C@H](O)CO.O=C([O][Sb]([O]C(=O)[C@H](O)[C@@H](O)[C@H](O)[C@H](O)CO)[O]C(=O)[C@H](O)[C@@H](O)[C@H](O)[C@H](O)CO)[C@H](O)[C@@H](O)[C@H](O)[C@H](O)CO.[Na+]. The van der Waals surface area contributed by atoms with Crippen LogP contribution in [0.25, 0.3) is 0 Å². The van der Waals surface area contributed by atoms with Gasteiger partial charge in [0.2, 0.25) is 0 Å². The molecular weight excluding hydrogens is 881 g/mol. The molecule has 0 fully saturated rings. The van der Waals surface area contributed by atoms with E-state index in [1.54, 1.807) is 0 Å². The van der Waals surface area contributed by atoms with Crippen LogP contribution in [-0.4, -0.2) is 272 Å². The van der Waals surface area contributed by atoms with E-state index in [2.05, 4.69) is 9.05 Å². The van der Waals surface area contributed by atoms with E-state index in [1.165, 1.54) is 0 Å². The minimum atomic E-state index is -5.39. The van der Waals surface area contributed by atoms with E-state index in [9.17, 15) is 85.6 Å². The van der Waals surface area contributed by atoms with Crippen molar-refractivity contribution in [1.29, 1.82) is 0 Å². The molecule has 0 amide bonds. The van der Waals surface area contributed by atoms with Gasteiger partial charge in [0.15, 0.2) is 0 Å². The molecule has 0 aromatic heterocycles. The minimum absolute atomic E-state index is 0. The Morgan fingerprint density at radius 3 is 0.741 bits per heavy atom. The molecule has 0 aliphatic carbocycles. The molecule has 0 aromatic carbocycles. The predicted octanol–water partition coefficient (Wildman–Crippen LogP) is -18.9. The van der Waals surface area contributed by atoms with Gasteiger partial charge in [-0.3, -0.25) is 0 Å². The van der Waals surface area contributed by atoms with Crippen LogP contribution < -0.4 is 34.7 Å². The second-order valence-corrected chi connectivity index (χ2v) is 13.3. The Hall–Kier alpha value is -1.10. The Kier molecular flexibility index (Phi) is 30.0. The standard InChI is InChI=1S/4C6H12O7.Na.Sb/c4*7-1-2(8)3(9)4(10)5(11)6(12)13;;/h4*2-5,7-11H,1H2,(H,12,13);;/q;;;;+1;+3/p-4/t4*2-,3-,4+,5-;;/m1111../s1. The van der Waals surface area contributed by atoms with Gasteiger partial charge in [-0.2, -0.15) is 0 Å². The molecule has 0 bridgehead atoms. The van der Waals surface area contributed by atoms with Crippen LogP contribution in [0.1, 0.15) is 0 Å². The average molecular weight is 925 g/mol. The molecular formula is C24H44NaO28Sb. The summed E-state index contributed by atoms with van der Waals surface area (Å²) in [6, 6.07) is 0. The van der Waals surface area contributed by atoms with Crippen LogP contribution in [-0.2, 0) is 28.2 Å². The molecule has 20 N–H and O–H groups in total. The van der Waals surface area contributed by atoms with E-state index >= 15 is 0 Å². The van der Waals surface area contributed by atoms with Gasteiger partial charge < -0.3 is 35.4 Å². The Bertz CT molecular complexity index is 993. The quantitative estimate of drug-likeness (QED) is 0.0423. The van der Waals surface area contributed by atoms with Gasteiger partial charge >= 0.3 is 262 Å². The number of carbonyl (C=O) groups is 4. The third-order valence-electron chi connectivity index (χ3n) is 6.48. The molecule has 0 radical (unpaired) electrons. The molecule has 0 heterocycles. The fourth-order valence-corrected chi connectivity index (χ4v) is 5.59. The number of aliphatic hydroxyl groups is 20. The molecule has 0 spiro atoms. The Labute approximate surface area is 333 Å². The van der Waals surface area contributed by atoms with Crippen LogP contribution in [0.15, 0.2) is 0 Å². The fourth-order valence-electron chi connectivity index (χ4n) is 3.09. The van der Waals surface area contributed by atoms with Gasteiger partial charge in [-0.25, -0.2) is 0 Å². The van der Waals surface area contributed by atoms with E-state index in [4.69, 9.17) is 40.9 Å². The predicted molar refractivity (Wildman–Crippen MR) is 153 cm³/mol. The van der Waals surface area contributed by atoms with Gasteiger partial charge in [-0.15, -0.1) is 0 Å². The van der Waals surface area contributed by atoms with E-state index in [0.717, 1.165) is 0 Å². The van der Waals surface area contributed by atoms with Gasteiger partial charge in [0.25, 0.3) is 0 Å². The smallest absolute Gasteiger partial charge is 1.00 e. The topological polar surface area (TPSA) is 524 Å². The molecule has 0 aliphatic rings. The van der Waals surface area contributed by atoms with Crippen LogP contribution >= 0.6 is 0 Å². The van der Waals surface area contributed by atoms with Gasteiger partial charge in [0, 0.05) is 0 Å². The van der Waals surface area contributed by atoms with Gasteiger partial charge in [-0.05, 0) is 0 Å². The Morgan fingerprint density at radius 2 is 0.574 bits per heavy atom. The summed E-state index contributed by atoms with van der Waals surface area (Å²) in [6.07, 6.45) is -37.5. The first-order chi connectivity index (χ1) is 24.4. The van der Waals surface area contributed by atoms with Crippen molar-refractivity contribution in [2.75, 3.05) is 26.4 Å². The molecule has 0 aromatic rings. The number of carboxylic acids is 1. The molecule has 0 saturated carbocycles. The summed E-state index contributed by atoms with van der Waals surface area (Å²) >= 11 is -5.39. The van der Waals surface area contributed by atoms with E-state index in [-0.39, 0.29) is 29.6 Å². The monoisotopic (exact) mass is 924 g/mol. The zero-order valence-corrected chi connectivity index (χ0v) is 32.3. The molecule has 314 valence electrons. The number of hydrogen-bond acceptors (Lipinski definition) is 28. The van der Waals surface area contributed by atoms with Gasteiger partial charge in [0.1, 0.15) is 24.4 Å².